The highest BCUT2D eigenvalue weighted by atomic mass is 16.2. The van der Waals surface area contributed by atoms with Crippen LogP contribution in [0.3, 0.4) is 0 Å². The van der Waals surface area contributed by atoms with Crippen LogP contribution in [0, 0.1) is 0 Å². The third kappa shape index (κ3) is 4.97. The molecule has 1 aromatic carbocycles. The quantitative estimate of drug-likeness (QED) is 0.675. The predicted octanol–water partition coefficient (Wildman–Crippen LogP) is 3.93. The Morgan fingerprint density at radius 3 is 2.38 bits per heavy atom. The van der Waals surface area contributed by atoms with Gasteiger partial charge in [0.2, 0.25) is 5.91 Å². The molecular formula is C20H33N3O. The summed E-state index contributed by atoms with van der Waals surface area (Å²) < 4.78 is 0. The number of likely N-dealkylation sites (tertiary alicyclic amines) is 1. The largest absolute Gasteiger partial charge is 0.303 e. The molecule has 2 rings (SSSR count). The SMILES string of the molecule is CCCCN1CCC(N(C(=O)CCC)N(C)c2ccccc2)CC1. The second-order valence-corrected chi connectivity index (χ2v) is 6.77. The third-order valence-electron chi connectivity index (χ3n) is 4.90. The number of nitrogens with zero attached hydrogens (tertiary/aromatic N) is 3. The fourth-order valence-corrected chi connectivity index (χ4v) is 3.48. The molecule has 0 spiro atoms. The second kappa shape index (κ2) is 9.67. The van der Waals surface area contributed by atoms with Gasteiger partial charge in [-0.05, 0) is 44.4 Å². The summed E-state index contributed by atoms with van der Waals surface area (Å²) in [7, 11) is 2.02. The Morgan fingerprint density at radius 2 is 1.79 bits per heavy atom. The number of piperidine rings is 1. The van der Waals surface area contributed by atoms with Crippen molar-refractivity contribution in [2.45, 2.75) is 58.4 Å². The topological polar surface area (TPSA) is 26.8 Å². The molecule has 1 saturated heterocycles. The van der Waals surface area contributed by atoms with Crippen LogP contribution >= 0.6 is 0 Å². The summed E-state index contributed by atoms with van der Waals surface area (Å²) in [6, 6.07) is 10.5. The molecule has 134 valence electrons. The highest BCUT2D eigenvalue weighted by Gasteiger charge is 2.30. The molecule has 1 amide bonds. The number of hydrogen-bond acceptors (Lipinski definition) is 3. The Kier molecular flexibility index (Phi) is 7.57. The monoisotopic (exact) mass is 331 g/mol. The summed E-state index contributed by atoms with van der Waals surface area (Å²) in [4.78, 5) is 15.3. The molecule has 0 aromatic heterocycles. The van der Waals surface area contributed by atoms with Gasteiger partial charge in [0.15, 0.2) is 0 Å². The lowest BCUT2D eigenvalue weighted by molar-refractivity contribution is -0.135. The minimum Gasteiger partial charge on any atom is -0.303 e. The second-order valence-electron chi connectivity index (χ2n) is 6.77. The summed E-state index contributed by atoms with van der Waals surface area (Å²) in [5.74, 6) is 0.246. The summed E-state index contributed by atoms with van der Waals surface area (Å²) in [5, 5.41) is 4.08. The highest BCUT2D eigenvalue weighted by molar-refractivity contribution is 5.78. The maximum atomic E-state index is 12.8. The molecule has 0 atom stereocenters. The lowest BCUT2D eigenvalue weighted by Crippen LogP contribution is -2.54. The molecule has 1 aromatic rings. The number of unbranched alkanes of at least 4 members (excludes halogenated alkanes) is 1. The van der Waals surface area contributed by atoms with Crippen molar-refractivity contribution in [2.75, 3.05) is 31.7 Å². The fraction of sp³-hybridized carbons (Fsp3) is 0.650. The average Bonchev–Trinajstić information content (AvgIpc) is 2.62. The Hall–Kier alpha value is -1.55. The fourth-order valence-electron chi connectivity index (χ4n) is 3.48. The minimum absolute atomic E-state index is 0.246. The predicted molar refractivity (Wildman–Crippen MR) is 101 cm³/mol. The van der Waals surface area contributed by atoms with E-state index in [4.69, 9.17) is 0 Å². The maximum Gasteiger partial charge on any atom is 0.241 e. The number of hydrogen-bond donors (Lipinski definition) is 0. The van der Waals surface area contributed by atoms with Crippen LogP contribution < -0.4 is 5.01 Å². The van der Waals surface area contributed by atoms with E-state index in [1.165, 1.54) is 19.4 Å². The minimum atomic E-state index is 0.246. The van der Waals surface area contributed by atoms with E-state index in [9.17, 15) is 4.79 Å². The van der Waals surface area contributed by atoms with E-state index in [1.807, 2.05) is 30.3 Å². The number of para-hydroxylation sites is 1. The van der Waals surface area contributed by atoms with Gasteiger partial charge in [-0.1, -0.05) is 38.5 Å². The van der Waals surface area contributed by atoms with E-state index in [0.29, 0.717) is 12.5 Å². The van der Waals surface area contributed by atoms with Gasteiger partial charge in [-0.25, -0.2) is 0 Å². The summed E-state index contributed by atoms with van der Waals surface area (Å²) in [6.07, 6.45) is 6.16. The molecular weight excluding hydrogens is 298 g/mol. The third-order valence-corrected chi connectivity index (χ3v) is 4.90. The van der Waals surface area contributed by atoms with Gasteiger partial charge < -0.3 is 4.90 Å². The molecule has 1 heterocycles. The zero-order chi connectivity index (χ0) is 17.4. The lowest BCUT2D eigenvalue weighted by atomic mass is 10.0. The zero-order valence-electron chi connectivity index (χ0n) is 15.6. The Morgan fingerprint density at radius 1 is 1.12 bits per heavy atom. The van der Waals surface area contributed by atoms with E-state index < -0.39 is 0 Å². The van der Waals surface area contributed by atoms with Crippen molar-refractivity contribution >= 4 is 11.6 Å². The first kappa shape index (κ1) is 18.8. The van der Waals surface area contributed by atoms with Crippen LogP contribution in [0.1, 0.15) is 52.4 Å². The van der Waals surface area contributed by atoms with Gasteiger partial charge in [0, 0.05) is 26.6 Å². The van der Waals surface area contributed by atoms with Crippen LogP contribution in [0.5, 0.6) is 0 Å². The number of rotatable bonds is 8. The number of amides is 1. The molecule has 4 nitrogen and oxygen atoms in total. The van der Waals surface area contributed by atoms with E-state index in [0.717, 1.165) is 38.0 Å². The molecule has 0 aliphatic carbocycles. The van der Waals surface area contributed by atoms with Gasteiger partial charge in [0.05, 0.1) is 11.7 Å². The van der Waals surface area contributed by atoms with Gasteiger partial charge >= 0.3 is 0 Å². The van der Waals surface area contributed by atoms with Crippen LogP contribution in [-0.4, -0.2) is 48.5 Å². The van der Waals surface area contributed by atoms with Crippen LogP contribution in [0.25, 0.3) is 0 Å². The van der Waals surface area contributed by atoms with Crippen molar-refractivity contribution < 1.29 is 4.79 Å². The maximum absolute atomic E-state index is 12.8. The van der Waals surface area contributed by atoms with Crippen LogP contribution in [0.4, 0.5) is 5.69 Å². The Bertz CT molecular complexity index is 483. The summed E-state index contributed by atoms with van der Waals surface area (Å²) >= 11 is 0. The molecule has 0 unspecified atom stereocenters. The number of carbonyl (C=O) groups excluding carboxylic acids is 1. The first-order valence-electron chi connectivity index (χ1n) is 9.50. The van der Waals surface area contributed by atoms with Crippen molar-refractivity contribution in [3.63, 3.8) is 0 Å². The smallest absolute Gasteiger partial charge is 0.241 e. The van der Waals surface area contributed by atoms with Crippen molar-refractivity contribution in [1.29, 1.82) is 0 Å². The van der Waals surface area contributed by atoms with E-state index in [1.54, 1.807) is 0 Å². The van der Waals surface area contributed by atoms with Gasteiger partial charge in [-0.3, -0.25) is 14.8 Å². The van der Waals surface area contributed by atoms with Crippen LogP contribution in [0.15, 0.2) is 30.3 Å². The first-order chi connectivity index (χ1) is 11.7. The number of hydrazine groups is 1. The number of carbonyl (C=O) groups is 1. The van der Waals surface area contributed by atoms with Gasteiger partial charge in [-0.15, -0.1) is 0 Å². The first-order valence-corrected chi connectivity index (χ1v) is 9.50. The van der Waals surface area contributed by atoms with Gasteiger partial charge in [-0.2, -0.15) is 0 Å². The Labute approximate surface area is 147 Å². The van der Waals surface area contributed by atoms with Crippen molar-refractivity contribution in [2.24, 2.45) is 0 Å². The highest BCUT2D eigenvalue weighted by Crippen LogP contribution is 2.23. The van der Waals surface area contributed by atoms with Crippen molar-refractivity contribution in [3.8, 4) is 0 Å². The lowest BCUT2D eigenvalue weighted by Gasteiger charge is -2.43. The summed E-state index contributed by atoms with van der Waals surface area (Å²) in [5.41, 5.74) is 1.08. The molecule has 0 bridgehead atoms. The van der Waals surface area contributed by atoms with Crippen molar-refractivity contribution in [1.82, 2.24) is 9.91 Å². The molecule has 0 saturated carbocycles. The number of anilines is 1. The van der Waals surface area contributed by atoms with Gasteiger partial charge in [0.25, 0.3) is 0 Å². The Balaban J connectivity index is 2.06. The molecule has 1 aliphatic heterocycles. The van der Waals surface area contributed by atoms with E-state index >= 15 is 0 Å². The van der Waals surface area contributed by atoms with E-state index in [2.05, 4.69) is 35.9 Å². The van der Waals surface area contributed by atoms with Crippen LogP contribution in [-0.2, 0) is 4.79 Å². The zero-order valence-corrected chi connectivity index (χ0v) is 15.6. The standard InChI is InChI=1S/C20H33N3O/c1-4-6-15-22-16-13-19(14-17-22)23(20(24)10-5-2)21(3)18-11-8-7-9-12-18/h7-9,11-12,19H,4-6,10,13-17H2,1-3H3. The van der Waals surface area contributed by atoms with Gasteiger partial charge in [0.1, 0.15) is 0 Å². The van der Waals surface area contributed by atoms with Crippen molar-refractivity contribution in [3.05, 3.63) is 30.3 Å². The molecule has 0 radical (unpaired) electrons. The molecule has 24 heavy (non-hydrogen) atoms. The number of benzene rings is 1. The van der Waals surface area contributed by atoms with E-state index in [-0.39, 0.29) is 5.91 Å². The molecule has 1 aliphatic rings. The molecule has 4 heteroatoms. The molecule has 1 fully saturated rings. The summed E-state index contributed by atoms with van der Waals surface area (Å²) in [6.45, 7) is 7.71. The van der Waals surface area contributed by atoms with Crippen LogP contribution in [0.2, 0.25) is 0 Å². The molecule has 0 N–H and O–H groups in total. The average molecular weight is 332 g/mol. The normalized spacial score (nSPS) is 16.1.